The molecule has 0 spiro atoms. The molecular formula is C18H23NO4. The lowest BCUT2D eigenvalue weighted by Gasteiger charge is -2.29. The molecule has 0 heterocycles. The van der Waals surface area contributed by atoms with Crippen LogP contribution in [-0.2, 0) is 16.1 Å². The highest BCUT2D eigenvalue weighted by Gasteiger charge is 2.44. The summed E-state index contributed by atoms with van der Waals surface area (Å²) in [4.78, 5) is 23.1. The maximum absolute atomic E-state index is 12.0. The minimum atomic E-state index is -0.878. The summed E-state index contributed by atoms with van der Waals surface area (Å²) in [6.07, 6.45) is 3.89. The lowest BCUT2D eigenvalue weighted by Crippen LogP contribution is -2.43. The molecular weight excluding hydrogens is 294 g/mol. The molecule has 5 heteroatoms. The minimum Gasteiger partial charge on any atom is -0.481 e. The number of alkyl carbamates (subject to hydrolysis) is 1. The smallest absolute Gasteiger partial charge is 0.407 e. The summed E-state index contributed by atoms with van der Waals surface area (Å²) in [5.41, 5.74) is 0.913. The van der Waals surface area contributed by atoms with Gasteiger partial charge in [-0.2, -0.15) is 0 Å². The predicted molar refractivity (Wildman–Crippen MR) is 84.7 cm³/mol. The Balaban J connectivity index is 1.52. The number of fused-ring (bicyclic) bond motifs is 1. The molecule has 0 aliphatic heterocycles. The van der Waals surface area contributed by atoms with Crippen molar-refractivity contribution >= 4 is 12.1 Å². The minimum absolute atomic E-state index is 0.0392. The molecule has 2 N–H and O–H groups in total. The fraction of sp³-hybridized carbons (Fsp3) is 0.556. The molecule has 0 aromatic heterocycles. The van der Waals surface area contributed by atoms with Crippen molar-refractivity contribution in [1.29, 1.82) is 0 Å². The Bertz CT molecular complexity index is 559. The number of rotatable bonds is 6. The molecule has 2 fully saturated rings. The Morgan fingerprint density at radius 3 is 2.65 bits per heavy atom. The van der Waals surface area contributed by atoms with E-state index in [1.165, 1.54) is 6.42 Å². The van der Waals surface area contributed by atoms with Gasteiger partial charge in [0.15, 0.2) is 0 Å². The van der Waals surface area contributed by atoms with Crippen molar-refractivity contribution in [3.8, 4) is 0 Å². The maximum atomic E-state index is 12.0. The van der Waals surface area contributed by atoms with Crippen LogP contribution in [0.1, 0.15) is 37.7 Å². The van der Waals surface area contributed by atoms with E-state index >= 15 is 0 Å². The average Bonchev–Trinajstić information content (AvgIpc) is 3.31. The SMILES string of the molecule is O=C(O)C[C@@H](NC(=O)OCc1ccccc1)C1CCC2CC2C1. The lowest BCUT2D eigenvalue weighted by atomic mass is 9.82. The van der Waals surface area contributed by atoms with Crippen LogP contribution in [-0.4, -0.2) is 23.2 Å². The molecule has 0 saturated heterocycles. The molecule has 2 saturated carbocycles. The van der Waals surface area contributed by atoms with Crippen molar-refractivity contribution in [3.63, 3.8) is 0 Å². The number of ether oxygens (including phenoxy) is 1. The van der Waals surface area contributed by atoms with E-state index < -0.39 is 12.1 Å². The Hall–Kier alpha value is -2.04. The zero-order valence-electron chi connectivity index (χ0n) is 13.1. The molecule has 1 aromatic rings. The third-order valence-electron chi connectivity index (χ3n) is 5.06. The monoisotopic (exact) mass is 317 g/mol. The summed E-state index contributed by atoms with van der Waals surface area (Å²) in [7, 11) is 0. The second-order valence-electron chi connectivity index (χ2n) is 6.74. The molecule has 1 aromatic carbocycles. The maximum Gasteiger partial charge on any atom is 0.407 e. The van der Waals surface area contributed by atoms with E-state index in [0.717, 1.165) is 36.7 Å². The molecule has 3 rings (SSSR count). The van der Waals surface area contributed by atoms with E-state index in [-0.39, 0.29) is 25.0 Å². The van der Waals surface area contributed by atoms with Gasteiger partial charge in [-0.05, 0) is 49.0 Å². The van der Waals surface area contributed by atoms with Crippen LogP contribution in [0.5, 0.6) is 0 Å². The van der Waals surface area contributed by atoms with Gasteiger partial charge in [-0.25, -0.2) is 4.79 Å². The van der Waals surface area contributed by atoms with Gasteiger partial charge in [-0.3, -0.25) is 4.79 Å². The highest BCUT2D eigenvalue weighted by molar-refractivity contribution is 5.71. The second kappa shape index (κ2) is 7.02. The first kappa shape index (κ1) is 15.8. The average molecular weight is 317 g/mol. The summed E-state index contributed by atoms with van der Waals surface area (Å²) in [6, 6.07) is 9.11. The largest absolute Gasteiger partial charge is 0.481 e. The summed E-state index contributed by atoms with van der Waals surface area (Å²) in [5.74, 6) is 0.962. The van der Waals surface area contributed by atoms with Crippen LogP contribution in [0.2, 0.25) is 0 Å². The topological polar surface area (TPSA) is 75.6 Å². The summed E-state index contributed by atoms with van der Waals surface area (Å²) in [6.45, 7) is 0.196. The van der Waals surface area contributed by atoms with E-state index in [2.05, 4.69) is 5.32 Å². The van der Waals surface area contributed by atoms with Crippen LogP contribution in [0.25, 0.3) is 0 Å². The van der Waals surface area contributed by atoms with E-state index in [1.807, 2.05) is 30.3 Å². The van der Waals surface area contributed by atoms with Gasteiger partial charge < -0.3 is 15.2 Å². The third kappa shape index (κ3) is 4.47. The highest BCUT2D eigenvalue weighted by Crippen LogP contribution is 2.52. The first-order valence-corrected chi connectivity index (χ1v) is 8.31. The van der Waals surface area contributed by atoms with Crippen molar-refractivity contribution in [2.45, 2.75) is 44.8 Å². The van der Waals surface area contributed by atoms with Crippen molar-refractivity contribution < 1.29 is 19.4 Å². The molecule has 0 bridgehead atoms. The summed E-state index contributed by atoms with van der Waals surface area (Å²) >= 11 is 0. The number of benzene rings is 1. The summed E-state index contributed by atoms with van der Waals surface area (Å²) in [5, 5.41) is 11.9. The van der Waals surface area contributed by atoms with Gasteiger partial charge in [-0.1, -0.05) is 30.3 Å². The molecule has 4 atom stereocenters. The number of carboxylic acid groups (broad SMARTS) is 1. The predicted octanol–water partition coefficient (Wildman–Crippen LogP) is 3.19. The Morgan fingerprint density at radius 2 is 1.96 bits per heavy atom. The molecule has 2 aliphatic rings. The van der Waals surface area contributed by atoms with E-state index in [9.17, 15) is 9.59 Å². The molecule has 23 heavy (non-hydrogen) atoms. The fourth-order valence-corrected chi connectivity index (χ4v) is 3.69. The lowest BCUT2D eigenvalue weighted by molar-refractivity contribution is -0.137. The van der Waals surface area contributed by atoms with Crippen LogP contribution in [0.4, 0.5) is 4.79 Å². The molecule has 1 amide bonds. The van der Waals surface area contributed by atoms with Crippen LogP contribution in [0.15, 0.2) is 30.3 Å². The van der Waals surface area contributed by atoms with Gasteiger partial charge in [0.05, 0.1) is 6.42 Å². The van der Waals surface area contributed by atoms with Gasteiger partial charge in [0.25, 0.3) is 0 Å². The van der Waals surface area contributed by atoms with Crippen molar-refractivity contribution in [1.82, 2.24) is 5.32 Å². The van der Waals surface area contributed by atoms with Crippen LogP contribution in [0, 0.1) is 17.8 Å². The molecule has 3 unspecified atom stereocenters. The number of nitrogens with one attached hydrogen (secondary N) is 1. The number of amides is 1. The Morgan fingerprint density at radius 1 is 1.17 bits per heavy atom. The Kier molecular flexibility index (Phi) is 4.84. The number of carboxylic acids is 1. The van der Waals surface area contributed by atoms with E-state index in [0.29, 0.717) is 0 Å². The van der Waals surface area contributed by atoms with Gasteiger partial charge in [0.2, 0.25) is 0 Å². The van der Waals surface area contributed by atoms with Crippen molar-refractivity contribution in [2.75, 3.05) is 0 Å². The van der Waals surface area contributed by atoms with Crippen LogP contribution in [0.3, 0.4) is 0 Å². The Labute approximate surface area is 136 Å². The first-order chi connectivity index (χ1) is 11.1. The third-order valence-corrected chi connectivity index (χ3v) is 5.06. The number of carbonyl (C=O) groups is 2. The van der Waals surface area contributed by atoms with E-state index in [1.54, 1.807) is 0 Å². The zero-order chi connectivity index (χ0) is 16.2. The quantitative estimate of drug-likeness (QED) is 0.845. The van der Waals surface area contributed by atoms with Gasteiger partial charge >= 0.3 is 12.1 Å². The van der Waals surface area contributed by atoms with Gasteiger partial charge in [-0.15, -0.1) is 0 Å². The highest BCUT2D eigenvalue weighted by atomic mass is 16.5. The van der Waals surface area contributed by atoms with Gasteiger partial charge in [0, 0.05) is 6.04 Å². The van der Waals surface area contributed by atoms with Crippen LogP contribution < -0.4 is 5.32 Å². The van der Waals surface area contributed by atoms with Gasteiger partial charge in [0.1, 0.15) is 6.61 Å². The molecule has 5 nitrogen and oxygen atoms in total. The van der Waals surface area contributed by atoms with Crippen LogP contribution >= 0.6 is 0 Å². The number of hydrogen-bond donors (Lipinski definition) is 2. The number of hydrogen-bond acceptors (Lipinski definition) is 3. The molecule has 124 valence electrons. The summed E-state index contributed by atoms with van der Waals surface area (Å²) < 4.78 is 5.23. The number of aliphatic carboxylic acids is 1. The first-order valence-electron chi connectivity index (χ1n) is 8.31. The van der Waals surface area contributed by atoms with E-state index in [4.69, 9.17) is 9.84 Å². The van der Waals surface area contributed by atoms with Crippen molar-refractivity contribution in [2.24, 2.45) is 17.8 Å². The second-order valence-corrected chi connectivity index (χ2v) is 6.74. The standard InChI is InChI=1S/C18H23NO4/c20-17(21)10-16(14-7-6-13-8-15(13)9-14)19-18(22)23-11-12-4-2-1-3-5-12/h1-5,13-16H,6-11H2,(H,19,22)(H,20,21)/t13?,14?,15?,16-/m1/s1. The number of carbonyl (C=O) groups excluding carboxylic acids is 1. The normalized spacial score (nSPS) is 26.7. The zero-order valence-corrected chi connectivity index (χ0v) is 13.1. The molecule has 0 radical (unpaired) electrons. The fourth-order valence-electron chi connectivity index (χ4n) is 3.69. The van der Waals surface area contributed by atoms with Crippen molar-refractivity contribution in [3.05, 3.63) is 35.9 Å². The molecule has 2 aliphatic carbocycles.